The van der Waals surface area contributed by atoms with Gasteiger partial charge in [0.1, 0.15) is 0 Å². The molecule has 1 nitrogen and oxygen atoms in total. The molecule has 0 atom stereocenters. The van der Waals surface area contributed by atoms with Gasteiger partial charge in [0.25, 0.3) is 0 Å². The van der Waals surface area contributed by atoms with Gasteiger partial charge in [0.05, 0.1) is 0 Å². The van der Waals surface area contributed by atoms with E-state index < -0.39 is 7.26 Å². The molecule has 0 saturated carbocycles. The quantitative estimate of drug-likeness (QED) is 0.293. The SMILES string of the molecule is c1ccc(OCCC[PH](c2ccccc2)(c2ccccc2)c2ccccc2)cc1. The standard InChI is InChI=1S/C27H27OP/c1-5-14-24(15-6-1)28-22-13-23-29(25-16-7-2-8-17-25,26-18-9-3-10-19-26)27-20-11-4-12-21-27/h1-12,14-21,29H,13,22-23H2. The summed E-state index contributed by atoms with van der Waals surface area (Å²) >= 11 is 0. The predicted molar refractivity (Wildman–Crippen MR) is 128 cm³/mol. The van der Waals surface area contributed by atoms with E-state index in [2.05, 4.69) is 91.0 Å². The molecule has 4 aromatic rings. The topological polar surface area (TPSA) is 9.23 Å². The molecule has 0 bridgehead atoms. The summed E-state index contributed by atoms with van der Waals surface area (Å²) in [5.74, 6) is 0.943. The molecule has 0 aromatic heterocycles. The number of para-hydroxylation sites is 1. The molecule has 0 radical (unpaired) electrons. The van der Waals surface area contributed by atoms with Gasteiger partial charge in [-0.2, -0.15) is 0 Å². The van der Waals surface area contributed by atoms with E-state index in [9.17, 15) is 0 Å². The molecule has 0 aliphatic carbocycles. The zero-order valence-corrected chi connectivity index (χ0v) is 17.6. The van der Waals surface area contributed by atoms with Crippen molar-refractivity contribution in [3.05, 3.63) is 121 Å². The first kappa shape index (κ1) is 19.4. The van der Waals surface area contributed by atoms with Crippen LogP contribution in [0.15, 0.2) is 121 Å². The molecule has 0 heterocycles. The Kier molecular flexibility index (Phi) is 6.39. The fourth-order valence-corrected chi connectivity index (χ4v) is 8.97. The van der Waals surface area contributed by atoms with Crippen molar-refractivity contribution in [1.29, 1.82) is 0 Å². The first-order valence-electron chi connectivity index (χ1n) is 10.2. The summed E-state index contributed by atoms with van der Waals surface area (Å²) in [4.78, 5) is 0. The molecule has 0 saturated heterocycles. The molecule has 0 fully saturated rings. The van der Waals surface area contributed by atoms with Crippen LogP contribution in [0.1, 0.15) is 6.42 Å². The van der Waals surface area contributed by atoms with Crippen LogP contribution < -0.4 is 20.7 Å². The molecule has 4 aromatic carbocycles. The Balaban J connectivity index is 1.70. The summed E-state index contributed by atoms with van der Waals surface area (Å²) in [7, 11) is -2.14. The molecule has 0 aliphatic heterocycles. The monoisotopic (exact) mass is 398 g/mol. The van der Waals surface area contributed by atoms with Gasteiger partial charge in [-0.15, -0.1) is 0 Å². The third-order valence-electron chi connectivity index (χ3n) is 5.51. The van der Waals surface area contributed by atoms with Crippen molar-refractivity contribution in [2.75, 3.05) is 12.8 Å². The van der Waals surface area contributed by atoms with Crippen LogP contribution in [0, 0.1) is 0 Å². The van der Waals surface area contributed by atoms with E-state index in [1.807, 2.05) is 30.3 Å². The van der Waals surface area contributed by atoms with Crippen LogP contribution in [0.25, 0.3) is 0 Å². The number of benzene rings is 4. The molecular weight excluding hydrogens is 371 g/mol. The van der Waals surface area contributed by atoms with E-state index in [-0.39, 0.29) is 0 Å². The summed E-state index contributed by atoms with van der Waals surface area (Å²) in [6.07, 6.45) is 2.12. The van der Waals surface area contributed by atoms with Crippen LogP contribution in [0.2, 0.25) is 0 Å². The third kappa shape index (κ3) is 4.42. The van der Waals surface area contributed by atoms with Crippen LogP contribution >= 0.6 is 7.26 Å². The Bertz CT molecular complexity index is 889. The van der Waals surface area contributed by atoms with E-state index in [1.165, 1.54) is 15.9 Å². The molecule has 0 amide bonds. The van der Waals surface area contributed by atoms with Crippen LogP contribution in [0.4, 0.5) is 0 Å². The summed E-state index contributed by atoms with van der Waals surface area (Å²) in [5.41, 5.74) is 0. The second kappa shape index (κ2) is 9.54. The Morgan fingerprint density at radius 3 is 1.28 bits per heavy atom. The van der Waals surface area contributed by atoms with Crippen molar-refractivity contribution < 1.29 is 4.74 Å². The average Bonchev–Trinajstić information content (AvgIpc) is 2.82. The Morgan fingerprint density at radius 2 is 0.862 bits per heavy atom. The molecule has 0 spiro atoms. The van der Waals surface area contributed by atoms with E-state index >= 15 is 0 Å². The second-order valence-electron chi connectivity index (χ2n) is 7.27. The van der Waals surface area contributed by atoms with Gasteiger partial charge in [-0.25, -0.2) is 0 Å². The first-order chi connectivity index (χ1) is 14.4. The maximum atomic E-state index is 6.03. The van der Waals surface area contributed by atoms with Gasteiger partial charge in [0, 0.05) is 0 Å². The van der Waals surface area contributed by atoms with Crippen molar-refractivity contribution >= 4 is 23.2 Å². The van der Waals surface area contributed by atoms with Crippen LogP contribution in [0.3, 0.4) is 0 Å². The minimum atomic E-state index is -2.14. The van der Waals surface area contributed by atoms with E-state index in [1.54, 1.807) is 0 Å². The number of hydrogen-bond donors (Lipinski definition) is 0. The van der Waals surface area contributed by atoms with Crippen LogP contribution in [0.5, 0.6) is 5.75 Å². The second-order valence-corrected chi connectivity index (χ2v) is 11.3. The summed E-state index contributed by atoms with van der Waals surface area (Å²) in [6, 6.07) is 43.3. The van der Waals surface area contributed by atoms with Crippen LogP contribution in [-0.4, -0.2) is 12.8 Å². The molecule has 0 aliphatic rings. The van der Waals surface area contributed by atoms with E-state index in [0.717, 1.165) is 24.9 Å². The Morgan fingerprint density at radius 1 is 0.483 bits per heavy atom. The molecule has 29 heavy (non-hydrogen) atoms. The number of ether oxygens (including phenoxy) is 1. The first-order valence-corrected chi connectivity index (χ1v) is 12.4. The van der Waals surface area contributed by atoms with Crippen molar-refractivity contribution in [3.8, 4) is 5.75 Å². The van der Waals surface area contributed by atoms with E-state index in [0.29, 0.717) is 0 Å². The van der Waals surface area contributed by atoms with Gasteiger partial charge in [-0.3, -0.25) is 0 Å². The number of hydrogen-bond acceptors (Lipinski definition) is 1. The summed E-state index contributed by atoms with van der Waals surface area (Å²) in [6.45, 7) is 0.727. The molecular formula is C27H27OP. The fourth-order valence-electron chi connectivity index (χ4n) is 4.15. The summed E-state index contributed by atoms with van der Waals surface area (Å²) < 4.78 is 6.03. The van der Waals surface area contributed by atoms with E-state index in [4.69, 9.17) is 4.74 Å². The fraction of sp³-hybridized carbons (Fsp3) is 0.111. The maximum absolute atomic E-state index is 6.03. The summed E-state index contributed by atoms with van der Waals surface area (Å²) in [5, 5.41) is 4.37. The van der Waals surface area contributed by atoms with Crippen molar-refractivity contribution in [1.82, 2.24) is 0 Å². The van der Waals surface area contributed by atoms with Gasteiger partial charge in [-0.1, -0.05) is 0 Å². The average molecular weight is 398 g/mol. The Labute approximate surface area is 174 Å². The number of rotatable bonds is 8. The van der Waals surface area contributed by atoms with Crippen molar-refractivity contribution in [2.45, 2.75) is 6.42 Å². The molecule has 0 N–H and O–H groups in total. The van der Waals surface area contributed by atoms with Gasteiger partial charge < -0.3 is 0 Å². The molecule has 2 heteroatoms. The van der Waals surface area contributed by atoms with Gasteiger partial charge in [-0.05, 0) is 0 Å². The predicted octanol–water partition coefficient (Wildman–Crippen LogP) is 5.18. The zero-order valence-electron chi connectivity index (χ0n) is 16.6. The molecule has 4 rings (SSSR count). The normalized spacial score (nSPS) is 11.7. The van der Waals surface area contributed by atoms with Gasteiger partial charge >= 0.3 is 174 Å². The van der Waals surface area contributed by atoms with Crippen molar-refractivity contribution in [2.24, 2.45) is 0 Å². The van der Waals surface area contributed by atoms with Crippen LogP contribution in [-0.2, 0) is 0 Å². The van der Waals surface area contributed by atoms with Gasteiger partial charge in [0.2, 0.25) is 0 Å². The van der Waals surface area contributed by atoms with Gasteiger partial charge in [0.15, 0.2) is 0 Å². The minimum absolute atomic E-state index is 0.727. The third-order valence-corrected chi connectivity index (χ3v) is 10.6. The Hall–Kier alpha value is -2.89. The molecule has 146 valence electrons. The van der Waals surface area contributed by atoms with Crippen molar-refractivity contribution in [3.63, 3.8) is 0 Å². The zero-order chi connectivity index (χ0) is 19.8. The molecule has 0 unspecified atom stereocenters.